The number of benzene rings is 3. The molecule has 6 heteroatoms. The van der Waals surface area contributed by atoms with Gasteiger partial charge in [-0.25, -0.2) is 4.79 Å². The SMILES string of the molecule is C=CC(=O)OCCOCCOc1c2ccccc2c(OCCO)c2ccccc12. The molecule has 0 spiro atoms. The van der Waals surface area contributed by atoms with Crippen LogP contribution in [-0.2, 0) is 14.3 Å². The van der Waals surface area contributed by atoms with Gasteiger partial charge in [-0.3, -0.25) is 0 Å². The molecule has 0 unspecified atom stereocenters. The summed E-state index contributed by atoms with van der Waals surface area (Å²) in [4.78, 5) is 11.0. The molecule has 0 atom stereocenters. The van der Waals surface area contributed by atoms with Gasteiger partial charge in [0, 0.05) is 27.6 Å². The van der Waals surface area contributed by atoms with Crippen molar-refractivity contribution in [1.82, 2.24) is 0 Å². The van der Waals surface area contributed by atoms with Gasteiger partial charge in [-0.15, -0.1) is 0 Å². The van der Waals surface area contributed by atoms with Gasteiger partial charge in [0.2, 0.25) is 0 Å². The van der Waals surface area contributed by atoms with E-state index >= 15 is 0 Å². The highest BCUT2D eigenvalue weighted by Crippen LogP contribution is 2.42. The topological polar surface area (TPSA) is 74.2 Å². The van der Waals surface area contributed by atoms with Crippen LogP contribution in [0.4, 0.5) is 0 Å². The van der Waals surface area contributed by atoms with Crippen LogP contribution in [0.3, 0.4) is 0 Å². The zero-order valence-electron chi connectivity index (χ0n) is 16.1. The van der Waals surface area contributed by atoms with Gasteiger partial charge < -0.3 is 24.1 Å². The van der Waals surface area contributed by atoms with E-state index < -0.39 is 5.97 Å². The van der Waals surface area contributed by atoms with Crippen molar-refractivity contribution in [2.24, 2.45) is 0 Å². The van der Waals surface area contributed by atoms with Gasteiger partial charge >= 0.3 is 5.97 Å². The maximum absolute atomic E-state index is 11.0. The smallest absolute Gasteiger partial charge is 0.330 e. The standard InChI is InChI=1S/C23H24O6/c1-2-21(25)27-15-13-26-14-16-29-23-19-9-5-3-7-17(19)22(28-12-11-24)18-8-4-6-10-20(18)23/h2-10,24H,1,11-16H2. The van der Waals surface area contributed by atoms with E-state index in [1.807, 2.05) is 48.5 Å². The Labute approximate surface area is 169 Å². The third-order valence-electron chi connectivity index (χ3n) is 4.28. The number of ether oxygens (including phenoxy) is 4. The van der Waals surface area contributed by atoms with Gasteiger partial charge in [0.1, 0.15) is 31.3 Å². The van der Waals surface area contributed by atoms with E-state index in [1.165, 1.54) is 0 Å². The quantitative estimate of drug-likeness (QED) is 0.231. The van der Waals surface area contributed by atoms with E-state index in [0.29, 0.717) is 19.8 Å². The van der Waals surface area contributed by atoms with Crippen molar-refractivity contribution in [3.05, 3.63) is 61.2 Å². The minimum atomic E-state index is -0.466. The Bertz CT molecular complexity index is 925. The van der Waals surface area contributed by atoms with Crippen molar-refractivity contribution in [1.29, 1.82) is 0 Å². The predicted molar refractivity (Wildman–Crippen MR) is 112 cm³/mol. The highest BCUT2D eigenvalue weighted by Gasteiger charge is 2.15. The molecule has 6 nitrogen and oxygen atoms in total. The zero-order chi connectivity index (χ0) is 20.5. The van der Waals surface area contributed by atoms with E-state index in [1.54, 1.807) is 0 Å². The molecule has 0 heterocycles. The van der Waals surface area contributed by atoms with E-state index in [9.17, 15) is 9.90 Å². The Balaban J connectivity index is 1.77. The van der Waals surface area contributed by atoms with Crippen LogP contribution in [0.15, 0.2) is 61.2 Å². The molecule has 29 heavy (non-hydrogen) atoms. The molecular weight excluding hydrogens is 372 g/mol. The van der Waals surface area contributed by atoms with Crippen molar-refractivity contribution in [2.45, 2.75) is 0 Å². The van der Waals surface area contributed by atoms with E-state index in [-0.39, 0.29) is 19.8 Å². The molecule has 0 aliphatic rings. The van der Waals surface area contributed by atoms with Gasteiger partial charge in [0.05, 0.1) is 19.8 Å². The highest BCUT2D eigenvalue weighted by atomic mass is 16.6. The second-order valence-corrected chi connectivity index (χ2v) is 6.15. The number of carbonyl (C=O) groups is 1. The lowest BCUT2D eigenvalue weighted by Gasteiger charge is -2.17. The monoisotopic (exact) mass is 396 g/mol. The third kappa shape index (κ3) is 5.04. The predicted octanol–water partition coefficient (Wildman–Crippen LogP) is 3.49. The minimum Gasteiger partial charge on any atom is -0.490 e. The van der Waals surface area contributed by atoms with Crippen LogP contribution in [0.2, 0.25) is 0 Å². The maximum Gasteiger partial charge on any atom is 0.330 e. The number of hydrogen-bond donors (Lipinski definition) is 1. The van der Waals surface area contributed by atoms with Crippen molar-refractivity contribution >= 4 is 27.5 Å². The van der Waals surface area contributed by atoms with Crippen molar-refractivity contribution < 1.29 is 28.8 Å². The first-order chi connectivity index (χ1) is 14.3. The Hall–Kier alpha value is -3.09. The fourth-order valence-electron chi connectivity index (χ4n) is 3.07. The van der Waals surface area contributed by atoms with Gasteiger partial charge in [-0.1, -0.05) is 55.1 Å². The van der Waals surface area contributed by atoms with Crippen LogP contribution in [0, 0.1) is 0 Å². The molecule has 0 saturated heterocycles. The Kier molecular flexibility index (Phi) is 7.44. The first-order valence-electron chi connectivity index (χ1n) is 9.43. The molecule has 152 valence electrons. The second-order valence-electron chi connectivity index (χ2n) is 6.15. The molecule has 3 aromatic rings. The maximum atomic E-state index is 11.0. The molecule has 1 N–H and O–H groups in total. The minimum absolute atomic E-state index is 0.0552. The highest BCUT2D eigenvalue weighted by molar-refractivity contribution is 6.11. The summed E-state index contributed by atoms with van der Waals surface area (Å²) in [5, 5.41) is 12.9. The molecule has 0 aliphatic carbocycles. The fraction of sp³-hybridized carbons (Fsp3) is 0.261. The normalized spacial score (nSPS) is 10.8. The van der Waals surface area contributed by atoms with Gasteiger partial charge in [0.15, 0.2) is 0 Å². The first-order valence-corrected chi connectivity index (χ1v) is 9.43. The summed E-state index contributed by atoms with van der Waals surface area (Å²) in [6, 6.07) is 15.7. The van der Waals surface area contributed by atoms with Crippen LogP contribution < -0.4 is 9.47 Å². The molecular formula is C23H24O6. The summed E-state index contributed by atoms with van der Waals surface area (Å²) in [6.45, 7) is 4.67. The first kappa shape index (κ1) is 20.6. The lowest BCUT2D eigenvalue weighted by Crippen LogP contribution is -2.12. The van der Waals surface area contributed by atoms with Gasteiger partial charge in [0.25, 0.3) is 0 Å². The largest absolute Gasteiger partial charge is 0.490 e. The molecule has 0 saturated carbocycles. The average molecular weight is 396 g/mol. The number of esters is 1. The van der Waals surface area contributed by atoms with Gasteiger partial charge in [-0.2, -0.15) is 0 Å². The van der Waals surface area contributed by atoms with Crippen LogP contribution in [0.5, 0.6) is 11.5 Å². The number of aliphatic hydroxyl groups is 1. The number of rotatable bonds is 11. The summed E-state index contributed by atoms with van der Waals surface area (Å²) >= 11 is 0. The zero-order valence-corrected chi connectivity index (χ0v) is 16.1. The van der Waals surface area contributed by atoms with Crippen LogP contribution in [0.1, 0.15) is 0 Å². The molecule has 0 aromatic heterocycles. The number of fused-ring (bicyclic) bond motifs is 2. The van der Waals surface area contributed by atoms with Crippen molar-refractivity contribution in [2.75, 3.05) is 39.6 Å². The van der Waals surface area contributed by atoms with Crippen LogP contribution >= 0.6 is 0 Å². The van der Waals surface area contributed by atoms with E-state index in [4.69, 9.17) is 18.9 Å². The molecule has 0 aliphatic heterocycles. The number of aliphatic hydroxyl groups excluding tert-OH is 1. The molecule has 0 bridgehead atoms. The summed E-state index contributed by atoms with van der Waals surface area (Å²) in [5.41, 5.74) is 0. The third-order valence-corrected chi connectivity index (χ3v) is 4.28. The Morgan fingerprint density at radius 3 is 1.76 bits per heavy atom. The van der Waals surface area contributed by atoms with E-state index in [0.717, 1.165) is 39.1 Å². The summed E-state index contributed by atoms with van der Waals surface area (Å²) in [5.74, 6) is 1.03. The molecule has 3 aromatic carbocycles. The fourth-order valence-corrected chi connectivity index (χ4v) is 3.07. The van der Waals surface area contributed by atoms with Crippen molar-refractivity contribution in [3.63, 3.8) is 0 Å². The molecule has 3 rings (SSSR count). The molecule has 0 radical (unpaired) electrons. The Morgan fingerprint density at radius 2 is 1.28 bits per heavy atom. The van der Waals surface area contributed by atoms with Crippen LogP contribution in [0.25, 0.3) is 21.5 Å². The number of carbonyl (C=O) groups excluding carboxylic acids is 1. The lowest BCUT2D eigenvalue weighted by molar-refractivity contribution is -0.139. The summed E-state index contributed by atoms with van der Waals surface area (Å²) in [7, 11) is 0. The van der Waals surface area contributed by atoms with Crippen molar-refractivity contribution in [3.8, 4) is 11.5 Å². The van der Waals surface area contributed by atoms with Gasteiger partial charge in [-0.05, 0) is 0 Å². The molecule has 0 fully saturated rings. The number of hydrogen-bond acceptors (Lipinski definition) is 6. The summed E-state index contributed by atoms with van der Waals surface area (Å²) in [6.07, 6.45) is 1.12. The van der Waals surface area contributed by atoms with E-state index in [2.05, 4.69) is 6.58 Å². The lowest BCUT2D eigenvalue weighted by atomic mass is 10.0. The Morgan fingerprint density at radius 1 is 0.793 bits per heavy atom. The van der Waals surface area contributed by atoms with Crippen LogP contribution in [-0.4, -0.2) is 50.7 Å². The average Bonchev–Trinajstić information content (AvgIpc) is 2.77. The molecule has 0 amide bonds. The summed E-state index contributed by atoms with van der Waals surface area (Å²) < 4.78 is 22.3. The second kappa shape index (κ2) is 10.5.